The normalized spacial score (nSPS) is 16.1. The number of esters is 1. The summed E-state index contributed by atoms with van der Waals surface area (Å²) in [7, 11) is 0. The van der Waals surface area contributed by atoms with Crippen LogP contribution in [0.4, 0.5) is 4.79 Å². The van der Waals surface area contributed by atoms with Gasteiger partial charge in [0.2, 0.25) is 0 Å². The van der Waals surface area contributed by atoms with Gasteiger partial charge in [0.25, 0.3) is 0 Å². The fourth-order valence-corrected chi connectivity index (χ4v) is 2.80. The largest absolute Gasteiger partial charge is 0.468 e. The van der Waals surface area contributed by atoms with Gasteiger partial charge >= 0.3 is 12.0 Å². The van der Waals surface area contributed by atoms with Gasteiger partial charge < -0.3 is 19.8 Å². The fraction of sp³-hybridized carbons (Fsp3) is 0.647. The van der Waals surface area contributed by atoms with E-state index in [0.29, 0.717) is 6.54 Å². The molecule has 1 aliphatic heterocycles. The summed E-state index contributed by atoms with van der Waals surface area (Å²) in [5.74, 6) is 0.550. The molecule has 2 N–H and O–H groups in total. The van der Waals surface area contributed by atoms with Gasteiger partial charge in [-0.25, -0.2) is 4.79 Å². The zero-order chi connectivity index (χ0) is 17.4. The first kappa shape index (κ1) is 18.3. The van der Waals surface area contributed by atoms with Crippen molar-refractivity contribution in [3.8, 4) is 0 Å². The van der Waals surface area contributed by atoms with Crippen LogP contribution in [0.15, 0.2) is 22.8 Å². The topological polar surface area (TPSA) is 83.8 Å². The van der Waals surface area contributed by atoms with Gasteiger partial charge in [0.05, 0.1) is 24.8 Å². The highest BCUT2D eigenvalue weighted by atomic mass is 16.5. The summed E-state index contributed by atoms with van der Waals surface area (Å²) in [5.41, 5.74) is 0. The number of hydrogen-bond acceptors (Lipinski definition) is 5. The van der Waals surface area contributed by atoms with E-state index in [1.807, 2.05) is 12.1 Å². The lowest BCUT2D eigenvalue weighted by atomic mass is 10.2. The van der Waals surface area contributed by atoms with Gasteiger partial charge in [-0.2, -0.15) is 0 Å². The second-order valence-electron chi connectivity index (χ2n) is 6.20. The minimum atomic E-state index is -0.309. The quantitative estimate of drug-likeness (QED) is 0.709. The van der Waals surface area contributed by atoms with Crippen LogP contribution in [0.3, 0.4) is 0 Å². The lowest BCUT2D eigenvalue weighted by molar-refractivity contribution is -0.147. The zero-order valence-corrected chi connectivity index (χ0v) is 14.4. The Morgan fingerprint density at radius 3 is 2.67 bits per heavy atom. The summed E-state index contributed by atoms with van der Waals surface area (Å²) in [6.07, 6.45) is 4.02. The molecule has 134 valence electrons. The zero-order valence-electron chi connectivity index (χ0n) is 14.4. The molecule has 1 aromatic heterocycles. The Morgan fingerprint density at radius 2 is 2.04 bits per heavy atom. The van der Waals surface area contributed by atoms with Crippen molar-refractivity contribution in [1.82, 2.24) is 15.5 Å². The number of nitrogens with zero attached hydrogens (tertiary/aromatic N) is 1. The molecule has 2 amide bonds. The van der Waals surface area contributed by atoms with Crippen molar-refractivity contribution in [3.63, 3.8) is 0 Å². The average molecular weight is 337 g/mol. The molecule has 2 rings (SSSR count). The van der Waals surface area contributed by atoms with Crippen molar-refractivity contribution in [1.29, 1.82) is 0 Å². The van der Waals surface area contributed by atoms with Crippen molar-refractivity contribution in [2.45, 2.75) is 45.3 Å². The Morgan fingerprint density at radius 1 is 1.29 bits per heavy atom. The number of amides is 2. The molecule has 0 saturated carbocycles. The second-order valence-corrected chi connectivity index (χ2v) is 6.20. The highest BCUT2D eigenvalue weighted by Gasteiger charge is 2.25. The minimum absolute atomic E-state index is 0.0409. The van der Waals surface area contributed by atoms with Gasteiger partial charge in [-0.1, -0.05) is 0 Å². The number of hydrogen-bond donors (Lipinski definition) is 2. The number of carbonyl (C=O) groups is 2. The molecule has 1 saturated heterocycles. The van der Waals surface area contributed by atoms with E-state index < -0.39 is 0 Å². The first-order valence-electron chi connectivity index (χ1n) is 8.55. The van der Waals surface area contributed by atoms with Crippen LogP contribution < -0.4 is 10.6 Å². The Bertz CT molecular complexity index is 510. The molecule has 0 aromatic carbocycles. The van der Waals surface area contributed by atoms with Crippen LogP contribution in [0.5, 0.6) is 0 Å². The number of nitrogens with one attached hydrogen (secondary N) is 2. The molecular formula is C17H27N3O4. The summed E-state index contributed by atoms with van der Waals surface area (Å²) < 4.78 is 10.5. The summed E-state index contributed by atoms with van der Waals surface area (Å²) >= 11 is 0. The third kappa shape index (κ3) is 5.88. The maximum absolute atomic E-state index is 11.9. The Balaban J connectivity index is 1.73. The van der Waals surface area contributed by atoms with Crippen LogP contribution in [-0.2, 0) is 9.53 Å². The predicted octanol–water partition coefficient (Wildman–Crippen LogP) is 2.06. The fourth-order valence-electron chi connectivity index (χ4n) is 2.80. The third-order valence-corrected chi connectivity index (χ3v) is 3.89. The highest BCUT2D eigenvalue weighted by Crippen LogP contribution is 2.24. The molecule has 24 heavy (non-hydrogen) atoms. The Kier molecular flexibility index (Phi) is 7.11. The number of rotatable bonds is 8. The van der Waals surface area contributed by atoms with Crippen LogP contribution in [0, 0.1) is 0 Å². The van der Waals surface area contributed by atoms with Gasteiger partial charge in [0.1, 0.15) is 5.76 Å². The van der Waals surface area contributed by atoms with Crippen molar-refractivity contribution in [2.24, 2.45) is 0 Å². The molecule has 1 aliphatic rings. The molecule has 1 fully saturated rings. The van der Waals surface area contributed by atoms with E-state index in [0.717, 1.165) is 18.8 Å². The van der Waals surface area contributed by atoms with E-state index in [1.54, 1.807) is 20.1 Å². The Labute approximate surface area is 142 Å². The van der Waals surface area contributed by atoms with E-state index in [1.165, 1.54) is 12.8 Å². The standard InChI is InChI=1S/C17H27N3O4/c1-13(2)24-16(21)7-8-18-17(22)19-12-14(15-6-5-11-23-15)20-9-3-4-10-20/h5-6,11,13-14H,3-4,7-10,12H2,1-2H3,(H2,18,19,22). The number of furan rings is 1. The Hall–Kier alpha value is -2.02. The van der Waals surface area contributed by atoms with E-state index in [2.05, 4.69) is 15.5 Å². The van der Waals surface area contributed by atoms with Crippen molar-refractivity contribution >= 4 is 12.0 Å². The monoisotopic (exact) mass is 337 g/mol. The van der Waals surface area contributed by atoms with E-state index >= 15 is 0 Å². The summed E-state index contributed by atoms with van der Waals surface area (Å²) in [6, 6.07) is 3.55. The van der Waals surface area contributed by atoms with Gasteiger partial charge in [-0.05, 0) is 51.9 Å². The van der Waals surface area contributed by atoms with Crippen molar-refractivity contribution < 1.29 is 18.7 Å². The van der Waals surface area contributed by atoms with Crippen molar-refractivity contribution in [3.05, 3.63) is 24.2 Å². The van der Waals surface area contributed by atoms with Crippen LogP contribution in [0.1, 0.15) is 44.9 Å². The van der Waals surface area contributed by atoms with E-state index in [-0.39, 0.29) is 37.1 Å². The molecule has 0 radical (unpaired) electrons. The number of ether oxygens (including phenoxy) is 1. The van der Waals surface area contributed by atoms with E-state index in [9.17, 15) is 9.59 Å². The second kappa shape index (κ2) is 9.32. The van der Waals surface area contributed by atoms with Crippen LogP contribution >= 0.6 is 0 Å². The molecule has 7 heteroatoms. The molecule has 1 atom stereocenters. The van der Waals surface area contributed by atoms with Crippen LogP contribution in [0.25, 0.3) is 0 Å². The van der Waals surface area contributed by atoms with E-state index in [4.69, 9.17) is 9.15 Å². The minimum Gasteiger partial charge on any atom is -0.468 e. The molecule has 0 bridgehead atoms. The van der Waals surface area contributed by atoms with Crippen molar-refractivity contribution in [2.75, 3.05) is 26.2 Å². The third-order valence-electron chi connectivity index (χ3n) is 3.89. The van der Waals surface area contributed by atoms with Gasteiger partial charge in [-0.3, -0.25) is 9.69 Å². The average Bonchev–Trinajstić information content (AvgIpc) is 3.20. The molecule has 1 unspecified atom stereocenters. The summed E-state index contributed by atoms with van der Waals surface area (Å²) in [5, 5.41) is 5.54. The molecule has 1 aromatic rings. The first-order valence-corrected chi connectivity index (χ1v) is 8.55. The first-order chi connectivity index (χ1) is 11.6. The summed E-state index contributed by atoms with van der Waals surface area (Å²) in [6.45, 7) is 6.34. The lowest BCUT2D eigenvalue weighted by Gasteiger charge is -2.26. The highest BCUT2D eigenvalue weighted by molar-refractivity contribution is 5.75. The smallest absolute Gasteiger partial charge is 0.314 e. The molecule has 7 nitrogen and oxygen atoms in total. The SMILES string of the molecule is CC(C)OC(=O)CCNC(=O)NCC(c1ccco1)N1CCCC1. The molecule has 0 spiro atoms. The maximum Gasteiger partial charge on any atom is 0.314 e. The predicted molar refractivity (Wildman–Crippen MR) is 89.5 cm³/mol. The van der Waals surface area contributed by atoms with Gasteiger partial charge in [-0.15, -0.1) is 0 Å². The molecule has 2 heterocycles. The lowest BCUT2D eigenvalue weighted by Crippen LogP contribution is -2.42. The molecular weight excluding hydrogens is 310 g/mol. The van der Waals surface area contributed by atoms with Crippen LogP contribution in [-0.4, -0.2) is 49.2 Å². The number of urea groups is 1. The van der Waals surface area contributed by atoms with Crippen LogP contribution in [0.2, 0.25) is 0 Å². The van der Waals surface area contributed by atoms with Gasteiger partial charge in [0.15, 0.2) is 0 Å². The summed E-state index contributed by atoms with van der Waals surface area (Å²) in [4.78, 5) is 25.6. The number of likely N-dealkylation sites (tertiary alicyclic amines) is 1. The molecule has 0 aliphatic carbocycles. The maximum atomic E-state index is 11.9. The number of carbonyl (C=O) groups excluding carboxylic acids is 2. The van der Waals surface area contributed by atoms with Gasteiger partial charge in [0, 0.05) is 13.1 Å².